The minimum atomic E-state index is -0.656. The molecule has 26 heavy (non-hydrogen) atoms. The fraction of sp³-hybridized carbons (Fsp3) is 0.444. The van der Waals surface area contributed by atoms with Crippen molar-refractivity contribution in [3.63, 3.8) is 0 Å². The van der Waals surface area contributed by atoms with Crippen molar-refractivity contribution in [2.45, 2.75) is 46.3 Å². The highest BCUT2D eigenvalue weighted by molar-refractivity contribution is 6.05. The third-order valence-corrected chi connectivity index (χ3v) is 4.12. The van der Waals surface area contributed by atoms with Gasteiger partial charge in [0.05, 0.1) is 17.0 Å². The number of nitrogen functional groups attached to an aromatic ring is 1. The molecule has 1 aliphatic rings. The second-order valence-electron chi connectivity index (χ2n) is 7.12. The van der Waals surface area contributed by atoms with Gasteiger partial charge in [-0.1, -0.05) is 0 Å². The van der Waals surface area contributed by atoms with Crippen LogP contribution in [0, 0.1) is 0 Å². The molecule has 0 saturated carbocycles. The lowest BCUT2D eigenvalue weighted by Gasteiger charge is -2.29. The predicted molar refractivity (Wildman–Crippen MR) is 96.5 cm³/mol. The molecule has 0 aromatic carbocycles. The Morgan fingerprint density at radius 2 is 2.12 bits per heavy atom. The largest absolute Gasteiger partial charge is 0.443 e. The van der Waals surface area contributed by atoms with Crippen molar-refractivity contribution >= 4 is 17.9 Å². The number of nitrogens with zero attached hydrogens (tertiary/aromatic N) is 4. The summed E-state index contributed by atoms with van der Waals surface area (Å²) < 4.78 is 7.38. The van der Waals surface area contributed by atoms with Gasteiger partial charge in [-0.25, -0.2) is 19.7 Å². The van der Waals surface area contributed by atoms with E-state index in [4.69, 9.17) is 10.5 Å². The molecule has 2 N–H and O–H groups in total. The summed E-state index contributed by atoms with van der Waals surface area (Å²) in [6.07, 6.45) is 1.53. The van der Waals surface area contributed by atoms with Gasteiger partial charge >= 0.3 is 6.09 Å². The van der Waals surface area contributed by atoms with Gasteiger partial charge in [0.15, 0.2) is 0 Å². The number of aromatic nitrogens is 3. The number of carbonyl (C=O) groups is 2. The molecule has 2 amide bonds. The van der Waals surface area contributed by atoms with Gasteiger partial charge in [-0.3, -0.25) is 4.79 Å². The number of imide groups is 1. The molecule has 2 aromatic heterocycles. The molecule has 0 bridgehead atoms. The second-order valence-corrected chi connectivity index (χ2v) is 7.12. The van der Waals surface area contributed by atoms with E-state index in [2.05, 4.69) is 9.97 Å². The van der Waals surface area contributed by atoms with E-state index in [-0.39, 0.29) is 18.4 Å². The van der Waals surface area contributed by atoms with Gasteiger partial charge in [0.2, 0.25) is 5.95 Å². The van der Waals surface area contributed by atoms with Crippen LogP contribution in [0.1, 0.15) is 43.7 Å². The lowest BCUT2D eigenvalue weighted by molar-refractivity contribution is 0.0232. The maximum Gasteiger partial charge on any atom is 0.417 e. The van der Waals surface area contributed by atoms with Gasteiger partial charge in [0.1, 0.15) is 5.60 Å². The highest BCUT2D eigenvalue weighted by Gasteiger charge is 2.35. The van der Waals surface area contributed by atoms with E-state index in [0.717, 1.165) is 16.3 Å². The molecule has 138 valence electrons. The Bertz CT molecular complexity index is 866. The Labute approximate surface area is 152 Å². The number of amides is 2. The first-order chi connectivity index (χ1) is 12.2. The zero-order chi connectivity index (χ0) is 19.1. The van der Waals surface area contributed by atoms with Gasteiger partial charge in [0.25, 0.3) is 5.91 Å². The quantitative estimate of drug-likeness (QED) is 0.885. The Kier molecular flexibility index (Phi) is 4.43. The van der Waals surface area contributed by atoms with E-state index in [1.165, 1.54) is 0 Å². The fourth-order valence-corrected chi connectivity index (χ4v) is 3.09. The van der Waals surface area contributed by atoms with E-state index in [9.17, 15) is 9.59 Å². The summed E-state index contributed by atoms with van der Waals surface area (Å²) in [6, 6.07) is 3.51. The van der Waals surface area contributed by atoms with Crippen LogP contribution in [0.3, 0.4) is 0 Å². The zero-order valence-electron chi connectivity index (χ0n) is 15.4. The summed E-state index contributed by atoms with van der Waals surface area (Å²) in [4.78, 5) is 34.5. The number of anilines is 1. The van der Waals surface area contributed by atoms with Gasteiger partial charge in [0, 0.05) is 31.4 Å². The van der Waals surface area contributed by atoms with Crippen LogP contribution >= 0.6 is 0 Å². The maximum absolute atomic E-state index is 12.9. The molecular weight excluding hydrogens is 334 g/mol. The Morgan fingerprint density at radius 3 is 2.73 bits per heavy atom. The van der Waals surface area contributed by atoms with Gasteiger partial charge in [-0.2, -0.15) is 0 Å². The van der Waals surface area contributed by atoms with Crippen LogP contribution in [-0.4, -0.2) is 43.6 Å². The summed E-state index contributed by atoms with van der Waals surface area (Å²) in [6.45, 7) is 8.28. The first-order valence-corrected chi connectivity index (χ1v) is 8.57. The van der Waals surface area contributed by atoms with E-state index < -0.39 is 11.7 Å². The highest BCUT2D eigenvalue weighted by atomic mass is 16.6. The number of hydrogen-bond donors (Lipinski definition) is 1. The Balaban J connectivity index is 1.99. The van der Waals surface area contributed by atoms with Gasteiger partial charge in [-0.15, -0.1) is 0 Å². The van der Waals surface area contributed by atoms with Crippen LogP contribution in [0.15, 0.2) is 18.3 Å². The van der Waals surface area contributed by atoms with Crippen LogP contribution in [0.2, 0.25) is 0 Å². The smallest absolute Gasteiger partial charge is 0.417 e. The Morgan fingerprint density at radius 1 is 1.38 bits per heavy atom. The molecule has 0 saturated heterocycles. The van der Waals surface area contributed by atoms with E-state index in [1.807, 2.05) is 11.5 Å². The second kappa shape index (κ2) is 6.44. The normalized spacial score (nSPS) is 14.3. The SMILES string of the molecule is CCn1c(-c2ccnc(N)n2)cc2c1CCN(C(=O)OC(C)(C)C)C2=O. The van der Waals surface area contributed by atoms with Crippen LogP contribution in [-0.2, 0) is 17.7 Å². The van der Waals surface area contributed by atoms with Crippen molar-refractivity contribution < 1.29 is 14.3 Å². The third-order valence-electron chi connectivity index (χ3n) is 4.12. The lowest BCUT2D eigenvalue weighted by atomic mass is 10.1. The highest BCUT2D eigenvalue weighted by Crippen LogP contribution is 2.30. The van der Waals surface area contributed by atoms with Crippen molar-refractivity contribution in [1.29, 1.82) is 0 Å². The van der Waals surface area contributed by atoms with Crippen LogP contribution in [0.5, 0.6) is 0 Å². The summed E-state index contributed by atoms with van der Waals surface area (Å²) in [7, 11) is 0. The average molecular weight is 357 g/mol. The number of hydrogen-bond acceptors (Lipinski definition) is 6. The molecule has 0 aliphatic carbocycles. The molecule has 3 heterocycles. The standard InChI is InChI=1S/C18H23N5O3/c1-5-22-13-7-9-23(17(25)26-18(2,3)4)15(24)11(13)10-14(22)12-6-8-20-16(19)21-12/h6,8,10H,5,7,9H2,1-4H3,(H2,19,20,21). The van der Waals surface area contributed by atoms with Crippen molar-refractivity contribution in [1.82, 2.24) is 19.4 Å². The number of ether oxygens (including phenoxy) is 1. The number of rotatable bonds is 2. The number of carbonyl (C=O) groups excluding carboxylic acids is 2. The van der Waals surface area contributed by atoms with Crippen LogP contribution in [0.25, 0.3) is 11.4 Å². The average Bonchev–Trinajstić information content (AvgIpc) is 2.93. The van der Waals surface area contributed by atoms with E-state index in [1.54, 1.807) is 39.1 Å². The molecule has 0 unspecified atom stereocenters. The molecule has 1 aliphatic heterocycles. The molecule has 8 nitrogen and oxygen atoms in total. The lowest BCUT2D eigenvalue weighted by Crippen LogP contribution is -2.44. The summed E-state index contributed by atoms with van der Waals surface area (Å²) in [5, 5.41) is 0. The van der Waals surface area contributed by atoms with Crippen LogP contribution in [0.4, 0.5) is 10.7 Å². The maximum atomic E-state index is 12.9. The predicted octanol–water partition coefficient (Wildman–Crippen LogP) is 2.48. The number of fused-ring (bicyclic) bond motifs is 1. The molecule has 0 radical (unpaired) electrons. The summed E-state index contributed by atoms with van der Waals surface area (Å²) in [5.74, 6) is -0.179. The molecule has 0 atom stereocenters. The summed E-state index contributed by atoms with van der Waals surface area (Å²) in [5.41, 5.74) is 7.85. The van der Waals surface area contributed by atoms with Crippen molar-refractivity contribution in [2.75, 3.05) is 12.3 Å². The van der Waals surface area contributed by atoms with Gasteiger partial charge < -0.3 is 15.0 Å². The van der Waals surface area contributed by atoms with Crippen molar-refractivity contribution in [3.05, 3.63) is 29.6 Å². The minimum absolute atomic E-state index is 0.172. The minimum Gasteiger partial charge on any atom is -0.443 e. The topological polar surface area (TPSA) is 103 Å². The van der Waals surface area contributed by atoms with Gasteiger partial charge in [-0.05, 0) is 39.8 Å². The van der Waals surface area contributed by atoms with E-state index in [0.29, 0.717) is 24.2 Å². The first-order valence-electron chi connectivity index (χ1n) is 8.57. The van der Waals surface area contributed by atoms with Crippen LogP contribution < -0.4 is 5.73 Å². The van der Waals surface area contributed by atoms with E-state index >= 15 is 0 Å². The molecule has 3 rings (SSSR count). The molecular formula is C18H23N5O3. The molecule has 2 aromatic rings. The molecule has 0 fully saturated rings. The Hall–Kier alpha value is -2.90. The fourth-order valence-electron chi connectivity index (χ4n) is 3.09. The zero-order valence-corrected chi connectivity index (χ0v) is 15.4. The van der Waals surface area contributed by atoms with Crippen molar-refractivity contribution in [2.24, 2.45) is 0 Å². The number of nitrogens with two attached hydrogens (primary N) is 1. The first kappa shape index (κ1) is 17.9. The third kappa shape index (κ3) is 3.26. The van der Waals surface area contributed by atoms with Crippen molar-refractivity contribution in [3.8, 4) is 11.4 Å². The summed E-state index contributed by atoms with van der Waals surface area (Å²) >= 11 is 0. The molecule has 0 spiro atoms. The monoisotopic (exact) mass is 357 g/mol. The molecule has 8 heteroatoms.